The molecular weight excluding hydrogens is 302 g/mol. The van der Waals surface area contributed by atoms with Gasteiger partial charge < -0.3 is 10.4 Å². The highest BCUT2D eigenvalue weighted by Crippen LogP contribution is 2.34. The fourth-order valence-corrected chi connectivity index (χ4v) is 3.00. The lowest BCUT2D eigenvalue weighted by Crippen LogP contribution is -2.49. The summed E-state index contributed by atoms with van der Waals surface area (Å²) in [7, 11) is 0. The molecule has 1 aliphatic heterocycles. The number of anilines is 1. The van der Waals surface area contributed by atoms with Crippen LogP contribution in [0.5, 0.6) is 0 Å². The maximum atomic E-state index is 13.6. The molecule has 1 aromatic rings. The number of carbonyl (C=O) groups is 1. The molecule has 0 saturated carbocycles. The molecule has 0 radical (unpaired) electrons. The van der Waals surface area contributed by atoms with Crippen LogP contribution in [0.1, 0.15) is 33.1 Å². The van der Waals surface area contributed by atoms with Crippen LogP contribution in [0.4, 0.5) is 14.5 Å². The number of nitrogens with one attached hydrogen (secondary N) is 1. The van der Waals surface area contributed by atoms with Crippen molar-refractivity contribution in [1.29, 1.82) is 0 Å². The van der Waals surface area contributed by atoms with Crippen LogP contribution < -0.4 is 5.32 Å². The zero-order valence-electron chi connectivity index (χ0n) is 13.6. The zero-order valence-corrected chi connectivity index (χ0v) is 13.6. The summed E-state index contributed by atoms with van der Waals surface area (Å²) in [5.74, 6) is -1.78. The Hall–Kier alpha value is -1.53. The van der Waals surface area contributed by atoms with Crippen LogP contribution in [-0.4, -0.2) is 41.7 Å². The summed E-state index contributed by atoms with van der Waals surface area (Å²) in [4.78, 5) is 14.3. The number of piperidine rings is 1. The summed E-state index contributed by atoms with van der Waals surface area (Å²) in [6, 6.07) is 2.67. The highest BCUT2D eigenvalue weighted by molar-refractivity contribution is 5.94. The lowest BCUT2D eigenvalue weighted by Gasteiger charge is -2.42. The second kappa shape index (κ2) is 7.36. The summed E-state index contributed by atoms with van der Waals surface area (Å²) >= 11 is 0. The first kappa shape index (κ1) is 17.8. The van der Waals surface area contributed by atoms with Gasteiger partial charge in [-0.05, 0) is 56.8 Å². The molecule has 1 atom stereocenters. The second-order valence-corrected chi connectivity index (χ2v) is 6.34. The quantitative estimate of drug-likeness (QED) is 0.875. The van der Waals surface area contributed by atoms with E-state index in [1.54, 1.807) is 6.92 Å². The number of hydrogen-bond donors (Lipinski definition) is 2. The predicted octanol–water partition coefficient (Wildman–Crippen LogP) is 2.78. The van der Waals surface area contributed by atoms with Gasteiger partial charge in [0.15, 0.2) is 0 Å². The normalized spacial score (nSPS) is 19.3. The first-order chi connectivity index (χ1) is 10.9. The molecule has 6 heteroatoms. The van der Waals surface area contributed by atoms with E-state index in [4.69, 9.17) is 0 Å². The maximum absolute atomic E-state index is 13.6. The maximum Gasteiger partial charge on any atom is 0.241 e. The van der Waals surface area contributed by atoms with E-state index in [1.165, 1.54) is 6.07 Å². The molecule has 1 aliphatic rings. The van der Waals surface area contributed by atoms with Crippen molar-refractivity contribution in [1.82, 2.24) is 4.90 Å². The number of aliphatic hydroxyl groups is 1. The van der Waals surface area contributed by atoms with E-state index in [-0.39, 0.29) is 23.6 Å². The molecule has 1 amide bonds. The Balaban J connectivity index is 1.95. The number of hydrogen-bond acceptors (Lipinski definition) is 3. The van der Waals surface area contributed by atoms with Gasteiger partial charge in [0.1, 0.15) is 11.6 Å². The number of nitrogens with zero attached hydrogens (tertiary/aromatic N) is 1. The number of amides is 1. The molecule has 23 heavy (non-hydrogen) atoms. The molecular formula is C17H24F2N2O2. The molecule has 0 bridgehead atoms. The van der Waals surface area contributed by atoms with Crippen LogP contribution >= 0.6 is 0 Å². The minimum Gasteiger partial charge on any atom is -0.396 e. The minimum absolute atomic E-state index is 0.0153. The molecule has 1 heterocycles. The van der Waals surface area contributed by atoms with Gasteiger partial charge in [-0.2, -0.15) is 0 Å². The van der Waals surface area contributed by atoms with E-state index in [0.29, 0.717) is 0 Å². The number of likely N-dealkylation sites (tertiary alicyclic amines) is 1. The zero-order chi connectivity index (χ0) is 17.0. The largest absolute Gasteiger partial charge is 0.396 e. The third kappa shape index (κ3) is 4.06. The van der Waals surface area contributed by atoms with E-state index in [0.717, 1.165) is 44.5 Å². The fourth-order valence-electron chi connectivity index (χ4n) is 3.00. The lowest BCUT2D eigenvalue weighted by atomic mass is 9.76. The molecule has 2 rings (SSSR count). The van der Waals surface area contributed by atoms with E-state index < -0.39 is 17.7 Å². The molecule has 2 N–H and O–H groups in total. The van der Waals surface area contributed by atoms with Crippen molar-refractivity contribution in [2.24, 2.45) is 5.41 Å². The molecule has 1 fully saturated rings. The second-order valence-electron chi connectivity index (χ2n) is 6.34. The molecule has 1 unspecified atom stereocenters. The van der Waals surface area contributed by atoms with Crippen molar-refractivity contribution in [3.8, 4) is 0 Å². The van der Waals surface area contributed by atoms with E-state index >= 15 is 0 Å². The summed E-state index contributed by atoms with van der Waals surface area (Å²) < 4.78 is 26.5. The van der Waals surface area contributed by atoms with Crippen LogP contribution in [0.25, 0.3) is 0 Å². The van der Waals surface area contributed by atoms with Gasteiger partial charge in [0.25, 0.3) is 0 Å². The smallest absolute Gasteiger partial charge is 0.241 e. The Morgan fingerprint density at radius 3 is 2.57 bits per heavy atom. The first-order valence-corrected chi connectivity index (χ1v) is 8.01. The Morgan fingerprint density at radius 1 is 1.39 bits per heavy atom. The number of halogens is 2. The molecule has 128 valence electrons. The van der Waals surface area contributed by atoms with Crippen molar-refractivity contribution in [3.05, 3.63) is 29.8 Å². The van der Waals surface area contributed by atoms with Crippen LogP contribution in [0.3, 0.4) is 0 Å². The van der Waals surface area contributed by atoms with Crippen LogP contribution in [0.2, 0.25) is 0 Å². The molecule has 4 nitrogen and oxygen atoms in total. The van der Waals surface area contributed by atoms with Crippen molar-refractivity contribution in [3.63, 3.8) is 0 Å². The van der Waals surface area contributed by atoms with Crippen molar-refractivity contribution >= 4 is 11.6 Å². The summed E-state index contributed by atoms with van der Waals surface area (Å²) in [5.41, 5.74) is -0.0611. The van der Waals surface area contributed by atoms with Crippen molar-refractivity contribution < 1.29 is 18.7 Å². The van der Waals surface area contributed by atoms with Crippen LogP contribution in [0, 0.1) is 17.0 Å². The van der Waals surface area contributed by atoms with Gasteiger partial charge in [-0.1, -0.05) is 6.92 Å². The first-order valence-electron chi connectivity index (χ1n) is 8.01. The summed E-state index contributed by atoms with van der Waals surface area (Å²) in [5, 5.41) is 12.1. The Labute approximate surface area is 135 Å². The van der Waals surface area contributed by atoms with Gasteiger partial charge in [-0.25, -0.2) is 8.78 Å². The third-order valence-electron chi connectivity index (χ3n) is 5.06. The van der Waals surface area contributed by atoms with Gasteiger partial charge in [-0.15, -0.1) is 0 Å². The third-order valence-corrected chi connectivity index (χ3v) is 5.06. The van der Waals surface area contributed by atoms with E-state index in [2.05, 4.69) is 12.2 Å². The van der Waals surface area contributed by atoms with E-state index in [1.807, 2.05) is 4.90 Å². The molecule has 0 spiro atoms. The highest BCUT2D eigenvalue weighted by atomic mass is 19.1. The van der Waals surface area contributed by atoms with Gasteiger partial charge in [-0.3, -0.25) is 9.69 Å². The molecule has 1 aromatic carbocycles. The highest BCUT2D eigenvalue weighted by Gasteiger charge is 2.35. The fraction of sp³-hybridized carbons (Fsp3) is 0.588. The topological polar surface area (TPSA) is 52.6 Å². The molecule has 0 aliphatic carbocycles. The van der Waals surface area contributed by atoms with Crippen molar-refractivity contribution in [2.45, 2.75) is 39.2 Å². The molecule has 0 aromatic heterocycles. The van der Waals surface area contributed by atoms with Gasteiger partial charge >= 0.3 is 0 Å². The average Bonchev–Trinajstić information content (AvgIpc) is 2.56. The van der Waals surface area contributed by atoms with Crippen LogP contribution in [0.15, 0.2) is 18.2 Å². The van der Waals surface area contributed by atoms with Gasteiger partial charge in [0.2, 0.25) is 5.91 Å². The Morgan fingerprint density at radius 2 is 2.04 bits per heavy atom. The molecule has 1 saturated heterocycles. The average molecular weight is 326 g/mol. The Bertz CT molecular complexity index is 552. The van der Waals surface area contributed by atoms with Crippen molar-refractivity contribution in [2.75, 3.05) is 25.0 Å². The summed E-state index contributed by atoms with van der Waals surface area (Å²) in [6.07, 6.45) is 2.59. The number of rotatable bonds is 5. The number of benzene rings is 1. The Kier molecular flexibility index (Phi) is 5.70. The summed E-state index contributed by atoms with van der Waals surface area (Å²) in [6.45, 7) is 5.44. The minimum atomic E-state index is -0.783. The monoisotopic (exact) mass is 326 g/mol. The predicted molar refractivity (Wildman–Crippen MR) is 85.1 cm³/mol. The SMILES string of the molecule is CCC1(CO)CCN(C(C)C(=O)Nc2ccc(F)cc2F)CC1. The lowest BCUT2D eigenvalue weighted by molar-refractivity contribution is -0.122. The van der Waals surface area contributed by atoms with Gasteiger partial charge in [0.05, 0.1) is 11.7 Å². The van der Waals surface area contributed by atoms with E-state index in [9.17, 15) is 18.7 Å². The number of aliphatic hydroxyl groups excluding tert-OH is 1. The van der Waals surface area contributed by atoms with Crippen LogP contribution in [-0.2, 0) is 4.79 Å². The van der Waals surface area contributed by atoms with Gasteiger partial charge in [0, 0.05) is 12.7 Å². The standard InChI is InChI=1S/C17H24F2N2O2/c1-3-17(11-22)6-8-21(9-7-17)12(2)16(23)20-15-5-4-13(18)10-14(15)19/h4-5,10,12,22H,3,6-9,11H2,1-2H3,(H,20,23). The number of carbonyl (C=O) groups excluding carboxylic acids is 1.